The van der Waals surface area contributed by atoms with Gasteiger partial charge in [0.15, 0.2) is 0 Å². The van der Waals surface area contributed by atoms with E-state index in [1.807, 2.05) is 7.05 Å². The van der Waals surface area contributed by atoms with Gasteiger partial charge in [-0.2, -0.15) is 0 Å². The predicted molar refractivity (Wildman–Crippen MR) is 74.3 cm³/mol. The fourth-order valence-corrected chi connectivity index (χ4v) is 3.32. The molecule has 1 N–H and O–H groups in total. The van der Waals surface area contributed by atoms with Crippen molar-refractivity contribution in [2.24, 2.45) is 11.3 Å². The first kappa shape index (κ1) is 15.0. The Labute approximate surface area is 108 Å². The molecule has 0 aromatic carbocycles. The Hall–Kier alpha value is -0.0800. The number of hydrogen-bond acceptors (Lipinski definition) is 2. The molecule has 1 rings (SSSR count). The highest BCUT2D eigenvalue weighted by atomic mass is 16.5. The smallest absolute Gasteiger partial charge is 0.0586 e. The van der Waals surface area contributed by atoms with Crippen LogP contribution in [0.4, 0.5) is 0 Å². The molecule has 0 bridgehead atoms. The second kappa shape index (κ2) is 6.75. The van der Waals surface area contributed by atoms with E-state index in [1.165, 1.54) is 32.1 Å². The number of hydrogen-bond donors (Lipinski definition) is 1. The van der Waals surface area contributed by atoms with E-state index in [0.717, 1.165) is 12.5 Å². The van der Waals surface area contributed by atoms with E-state index < -0.39 is 0 Å². The lowest BCUT2D eigenvalue weighted by molar-refractivity contribution is -0.0613. The Kier molecular flexibility index (Phi) is 5.94. The molecule has 0 aromatic heterocycles. The van der Waals surface area contributed by atoms with Crippen LogP contribution < -0.4 is 5.32 Å². The molecule has 1 fully saturated rings. The van der Waals surface area contributed by atoms with E-state index in [0.29, 0.717) is 17.6 Å². The molecule has 1 aliphatic carbocycles. The average Bonchev–Trinajstić information content (AvgIpc) is 2.14. The summed E-state index contributed by atoms with van der Waals surface area (Å²) in [7, 11) is 2.01. The molecule has 1 aliphatic rings. The second-order valence-electron chi connectivity index (χ2n) is 6.73. The van der Waals surface area contributed by atoms with Crippen LogP contribution in [0.15, 0.2) is 0 Å². The van der Waals surface area contributed by atoms with Crippen molar-refractivity contribution in [1.29, 1.82) is 0 Å². The van der Waals surface area contributed by atoms with Crippen LogP contribution in [0.1, 0.15) is 59.8 Å². The van der Waals surface area contributed by atoms with E-state index in [-0.39, 0.29) is 0 Å². The third-order valence-electron chi connectivity index (χ3n) is 3.81. The summed E-state index contributed by atoms with van der Waals surface area (Å²) in [5, 5.41) is 3.19. The van der Waals surface area contributed by atoms with E-state index in [1.54, 1.807) is 0 Å². The van der Waals surface area contributed by atoms with Gasteiger partial charge in [0.05, 0.1) is 12.2 Å². The van der Waals surface area contributed by atoms with Crippen LogP contribution in [0.25, 0.3) is 0 Å². The minimum Gasteiger partial charge on any atom is -0.375 e. The number of rotatable bonds is 6. The molecule has 0 radical (unpaired) electrons. The Morgan fingerprint density at radius 1 is 1.35 bits per heavy atom. The van der Waals surface area contributed by atoms with Crippen LogP contribution in [-0.4, -0.2) is 25.8 Å². The first-order valence-corrected chi connectivity index (χ1v) is 7.23. The molecule has 17 heavy (non-hydrogen) atoms. The lowest BCUT2D eigenvalue weighted by Crippen LogP contribution is -2.34. The summed E-state index contributed by atoms with van der Waals surface area (Å²) in [5.41, 5.74) is 0.465. The largest absolute Gasteiger partial charge is 0.375 e. The zero-order valence-corrected chi connectivity index (χ0v) is 12.4. The Morgan fingerprint density at radius 2 is 2.06 bits per heavy atom. The topological polar surface area (TPSA) is 21.3 Å². The van der Waals surface area contributed by atoms with Crippen molar-refractivity contribution in [2.45, 2.75) is 72.0 Å². The molecular formula is C15H31NO. The number of nitrogens with one attached hydrogen (secondary N) is 1. The van der Waals surface area contributed by atoms with Gasteiger partial charge in [0.25, 0.3) is 0 Å². The standard InChI is InChI=1S/C15H31NO/c1-12-9-14(11-15(3,4)10-12)17-13(2)7-6-8-16-5/h12-14,16H,6-11H2,1-5H3. The van der Waals surface area contributed by atoms with E-state index in [9.17, 15) is 0 Å². The van der Waals surface area contributed by atoms with Crippen molar-refractivity contribution >= 4 is 0 Å². The summed E-state index contributed by atoms with van der Waals surface area (Å²) in [6, 6.07) is 0. The highest BCUT2D eigenvalue weighted by Crippen LogP contribution is 2.40. The Morgan fingerprint density at radius 3 is 2.65 bits per heavy atom. The lowest BCUT2D eigenvalue weighted by atomic mass is 9.71. The second-order valence-corrected chi connectivity index (χ2v) is 6.73. The average molecular weight is 241 g/mol. The fourth-order valence-electron chi connectivity index (χ4n) is 3.32. The highest BCUT2D eigenvalue weighted by Gasteiger charge is 2.33. The van der Waals surface area contributed by atoms with Gasteiger partial charge in [-0.3, -0.25) is 0 Å². The molecule has 0 spiro atoms. The highest BCUT2D eigenvalue weighted by molar-refractivity contribution is 4.83. The van der Waals surface area contributed by atoms with Gasteiger partial charge >= 0.3 is 0 Å². The van der Waals surface area contributed by atoms with Crippen molar-refractivity contribution in [1.82, 2.24) is 5.32 Å². The molecular weight excluding hydrogens is 210 g/mol. The van der Waals surface area contributed by atoms with Crippen molar-refractivity contribution in [3.63, 3.8) is 0 Å². The maximum absolute atomic E-state index is 6.22. The molecule has 0 aliphatic heterocycles. The van der Waals surface area contributed by atoms with Gasteiger partial charge in [-0.25, -0.2) is 0 Å². The van der Waals surface area contributed by atoms with E-state index in [2.05, 4.69) is 33.0 Å². The zero-order chi connectivity index (χ0) is 12.9. The summed E-state index contributed by atoms with van der Waals surface area (Å²) in [6.45, 7) is 10.4. The summed E-state index contributed by atoms with van der Waals surface area (Å²) in [4.78, 5) is 0. The minimum absolute atomic E-state index is 0.412. The number of ether oxygens (including phenoxy) is 1. The van der Waals surface area contributed by atoms with Crippen molar-refractivity contribution in [3.05, 3.63) is 0 Å². The van der Waals surface area contributed by atoms with Crippen LogP contribution in [0.2, 0.25) is 0 Å². The lowest BCUT2D eigenvalue weighted by Gasteiger charge is -2.39. The molecule has 0 saturated heterocycles. The maximum atomic E-state index is 6.22. The van der Waals surface area contributed by atoms with Gasteiger partial charge in [-0.15, -0.1) is 0 Å². The Balaban J connectivity index is 2.30. The fraction of sp³-hybridized carbons (Fsp3) is 1.00. The van der Waals surface area contributed by atoms with Crippen LogP contribution in [0.3, 0.4) is 0 Å². The molecule has 0 amide bonds. The SMILES string of the molecule is CNCCCC(C)OC1CC(C)CC(C)(C)C1. The van der Waals surface area contributed by atoms with Crippen LogP contribution in [0, 0.1) is 11.3 Å². The molecule has 2 nitrogen and oxygen atoms in total. The van der Waals surface area contributed by atoms with Gasteiger partial charge in [0, 0.05) is 0 Å². The van der Waals surface area contributed by atoms with Gasteiger partial charge in [-0.05, 0) is 64.0 Å². The van der Waals surface area contributed by atoms with Gasteiger partial charge < -0.3 is 10.1 Å². The third kappa shape index (κ3) is 5.87. The zero-order valence-electron chi connectivity index (χ0n) is 12.4. The predicted octanol–water partition coefficient (Wildman–Crippen LogP) is 3.61. The van der Waals surface area contributed by atoms with Crippen LogP contribution >= 0.6 is 0 Å². The molecule has 1 saturated carbocycles. The monoisotopic (exact) mass is 241 g/mol. The molecule has 0 heterocycles. The van der Waals surface area contributed by atoms with Crippen molar-refractivity contribution in [3.8, 4) is 0 Å². The maximum Gasteiger partial charge on any atom is 0.0586 e. The van der Waals surface area contributed by atoms with Gasteiger partial charge in [0.1, 0.15) is 0 Å². The van der Waals surface area contributed by atoms with Gasteiger partial charge in [-0.1, -0.05) is 20.8 Å². The van der Waals surface area contributed by atoms with Crippen molar-refractivity contribution in [2.75, 3.05) is 13.6 Å². The summed E-state index contributed by atoms with van der Waals surface area (Å²) in [5.74, 6) is 0.813. The third-order valence-corrected chi connectivity index (χ3v) is 3.81. The quantitative estimate of drug-likeness (QED) is 0.717. The first-order valence-electron chi connectivity index (χ1n) is 7.23. The van der Waals surface area contributed by atoms with E-state index >= 15 is 0 Å². The normalized spacial score (nSPS) is 30.2. The summed E-state index contributed by atoms with van der Waals surface area (Å²) < 4.78 is 6.22. The minimum atomic E-state index is 0.412. The molecule has 0 aromatic rings. The summed E-state index contributed by atoms with van der Waals surface area (Å²) >= 11 is 0. The van der Waals surface area contributed by atoms with E-state index in [4.69, 9.17) is 4.74 Å². The molecule has 2 heteroatoms. The molecule has 102 valence electrons. The van der Waals surface area contributed by atoms with Crippen LogP contribution in [0.5, 0.6) is 0 Å². The molecule has 3 atom stereocenters. The first-order chi connectivity index (χ1) is 7.93. The Bertz CT molecular complexity index is 215. The summed E-state index contributed by atoms with van der Waals surface area (Å²) in [6.07, 6.45) is 7.11. The molecule has 3 unspecified atom stereocenters. The van der Waals surface area contributed by atoms with Crippen LogP contribution in [-0.2, 0) is 4.74 Å². The van der Waals surface area contributed by atoms with Gasteiger partial charge in [0.2, 0.25) is 0 Å². The van der Waals surface area contributed by atoms with Crippen molar-refractivity contribution < 1.29 is 4.74 Å².